The summed E-state index contributed by atoms with van der Waals surface area (Å²) >= 11 is 0. The number of fused-ring (bicyclic) bond motifs is 1. The number of rotatable bonds is 3. The third kappa shape index (κ3) is 6.66. The molecule has 4 rings (SSSR count). The van der Waals surface area contributed by atoms with E-state index in [2.05, 4.69) is 14.5 Å². The zero-order valence-corrected chi connectivity index (χ0v) is 17.9. The van der Waals surface area contributed by atoms with Crippen LogP contribution in [0.2, 0.25) is 0 Å². The van der Waals surface area contributed by atoms with Crippen LogP contribution in [0, 0.1) is 5.92 Å². The molecule has 4 heterocycles. The van der Waals surface area contributed by atoms with Gasteiger partial charge in [-0.3, -0.25) is 9.69 Å². The molecule has 3 aliphatic rings. The molecule has 180 valence electrons. The van der Waals surface area contributed by atoms with Crippen molar-refractivity contribution in [2.75, 3.05) is 52.6 Å². The molecule has 0 saturated carbocycles. The summed E-state index contributed by atoms with van der Waals surface area (Å²) in [6, 6.07) is 0. The van der Waals surface area contributed by atoms with Crippen LogP contribution in [0.5, 0.6) is 0 Å². The highest BCUT2D eigenvalue weighted by atomic mass is 19.4. The Kier molecular flexibility index (Phi) is 8.49. The molecule has 0 radical (unpaired) electrons. The van der Waals surface area contributed by atoms with Gasteiger partial charge in [-0.25, -0.2) is 9.78 Å². The Labute approximate surface area is 184 Å². The summed E-state index contributed by atoms with van der Waals surface area (Å²) in [5.41, 5.74) is 1.26. The van der Waals surface area contributed by atoms with Crippen molar-refractivity contribution >= 4 is 11.9 Å². The molecule has 32 heavy (non-hydrogen) atoms. The van der Waals surface area contributed by atoms with E-state index < -0.39 is 12.1 Å². The van der Waals surface area contributed by atoms with Crippen molar-refractivity contribution in [2.45, 2.75) is 38.5 Å². The Morgan fingerprint density at radius 3 is 2.28 bits per heavy atom. The molecule has 0 atom stereocenters. The number of ether oxygens (including phenoxy) is 2. The smallest absolute Gasteiger partial charge is 0.475 e. The van der Waals surface area contributed by atoms with Gasteiger partial charge in [0.15, 0.2) is 0 Å². The number of carboxylic acid groups (broad SMARTS) is 1. The first kappa shape index (κ1) is 24.5. The van der Waals surface area contributed by atoms with Crippen molar-refractivity contribution in [3.8, 4) is 0 Å². The number of imidazole rings is 1. The molecule has 1 N–H and O–H groups in total. The zero-order chi connectivity index (χ0) is 23.1. The van der Waals surface area contributed by atoms with E-state index in [9.17, 15) is 18.0 Å². The largest absolute Gasteiger partial charge is 0.490 e. The molecule has 1 aromatic heterocycles. The summed E-state index contributed by atoms with van der Waals surface area (Å²) in [5.74, 6) is -1.19. The van der Waals surface area contributed by atoms with E-state index in [-0.39, 0.29) is 5.92 Å². The molecule has 2 saturated heterocycles. The molecule has 0 unspecified atom stereocenters. The first-order valence-electron chi connectivity index (χ1n) is 10.8. The summed E-state index contributed by atoms with van der Waals surface area (Å²) in [6.07, 6.45) is -0.497. The van der Waals surface area contributed by atoms with E-state index >= 15 is 0 Å². The third-order valence-corrected chi connectivity index (χ3v) is 5.83. The van der Waals surface area contributed by atoms with Crippen LogP contribution in [-0.4, -0.2) is 95.1 Å². The average molecular weight is 462 g/mol. The minimum absolute atomic E-state index is 0.145. The van der Waals surface area contributed by atoms with Gasteiger partial charge in [0.2, 0.25) is 5.91 Å². The first-order chi connectivity index (χ1) is 15.3. The molecule has 0 aliphatic carbocycles. The van der Waals surface area contributed by atoms with Crippen LogP contribution >= 0.6 is 0 Å². The van der Waals surface area contributed by atoms with Gasteiger partial charge in [0, 0.05) is 71.0 Å². The predicted octanol–water partition coefficient (Wildman–Crippen LogP) is 1.16. The van der Waals surface area contributed by atoms with E-state index in [1.807, 2.05) is 11.1 Å². The molecular formula is C20H29F3N4O5. The fourth-order valence-corrected chi connectivity index (χ4v) is 4.03. The number of carbonyl (C=O) groups excluding carboxylic acids is 1. The van der Waals surface area contributed by atoms with Gasteiger partial charge in [0.05, 0.1) is 18.9 Å². The quantitative estimate of drug-likeness (QED) is 0.720. The summed E-state index contributed by atoms with van der Waals surface area (Å²) in [5, 5.41) is 7.12. The molecule has 9 nitrogen and oxygen atoms in total. The summed E-state index contributed by atoms with van der Waals surface area (Å²) in [4.78, 5) is 30.8. The number of halogens is 3. The number of aromatic nitrogens is 2. The topological polar surface area (TPSA) is 97.1 Å². The molecular weight excluding hydrogens is 433 g/mol. The van der Waals surface area contributed by atoms with Crippen molar-refractivity contribution in [2.24, 2.45) is 5.92 Å². The predicted molar refractivity (Wildman–Crippen MR) is 106 cm³/mol. The second-order valence-electron chi connectivity index (χ2n) is 7.97. The van der Waals surface area contributed by atoms with Gasteiger partial charge in [0.1, 0.15) is 5.82 Å². The van der Waals surface area contributed by atoms with Crippen LogP contribution in [0.1, 0.15) is 24.4 Å². The highest BCUT2D eigenvalue weighted by molar-refractivity contribution is 5.79. The number of carbonyl (C=O) groups is 2. The maximum atomic E-state index is 12.8. The minimum Gasteiger partial charge on any atom is -0.475 e. The number of aliphatic carboxylic acids is 1. The van der Waals surface area contributed by atoms with E-state index in [1.54, 1.807) is 0 Å². The lowest BCUT2D eigenvalue weighted by atomic mass is 9.98. The standard InChI is InChI=1S/C18H28N4O3.C2HF3O2/c23-18(15-2-9-24-10-3-15)21-4-1-17-19-13-16(22(17)6-5-21)14-20-7-11-25-12-8-20;3-2(4,5)1(6)7/h13,15H,1-12,14H2;(H,6,7). The van der Waals surface area contributed by atoms with Crippen LogP contribution in [0.25, 0.3) is 0 Å². The molecule has 1 amide bonds. The zero-order valence-electron chi connectivity index (χ0n) is 17.9. The monoisotopic (exact) mass is 462 g/mol. The maximum Gasteiger partial charge on any atom is 0.490 e. The number of nitrogens with zero attached hydrogens (tertiary/aromatic N) is 4. The lowest BCUT2D eigenvalue weighted by molar-refractivity contribution is -0.192. The van der Waals surface area contributed by atoms with Gasteiger partial charge in [-0.2, -0.15) is 13.2 Å². The molecule has 0 spiro atoms. The molecule has 1 aromatic rings. The molecule has 12 heteroatoms. The lowest BCUT2D eigenvalue weighted by Crippen LogP contribution is -2.40. The Balaban J connectivity index is 0.000000360. The van der Waals surface area contributed by atoms with Crippen molar-refractivity contribution in [1.82, 2.24) is 19.4 Å². The van der Waals surface area contributed by atoms with E-state index in [1.165, 1.54) is 5.69 Å². The highest BCUT2D eigenvalue weighted by Gasteiger charge is 2.38. The average Bonchev–Trinajstić information content (AvgIpc) is 3.02. The second-order valence-corrected chi connectivity index (χ2v) is 7.97. The maximum absolute atomic E-state index is 12.8. The van der Waals surface area contributed by atoms with Crippen molar-refractivity contribution in [3.63, 3.8) is 0 Å². The van der Waals surface area contributed by atoms with Crippen LogP contribution in [-0.2, 0) is 38.6 Å². The Morgan fingerprint density at radius 1 is 1.03 bits per heavy atom. The lowest BCUT2D eigenvalue weighted by Gasteiger charge is -2.28. The van der Waals surface area contributed by atoms with Gasteiger partial charge < -0.3 is 24.0 Å². The SMILES string of the molecule is O=C(C1CCOCC1)N1CCc2ncc(CN3CCOCC3)n2CC1.O=C(O)C(F)(F)F. The summed E-state index contributed by atoms with van der Waals surface area (Å²) in [6.45, 7) is 8.37. The van der Waals surface area contributed by atoms with Crippen molar-refractivity contribution in [3.05, 3.63) is 17.7 Å². The minimum atomic E-state index is -5.08. The van der Waals surface area contributed by atoms with Crippen LogP contribution in [0.15, 0.2) is 6.20 Å². The molecule has 0 aromatic carbocycles. The van der Waals surface area contributed by atoms with Gasteiger partial charge in [-0.1, -0.05) is 0 Å². The Hall–Kier alpha value is -2.18. The van der Waals surface area contributed by atoms with Gasteiger partial charge >= 0.3 is 12.1 Å². The second kappa shape index (κ2) is 11.1. The normalized spacial score (nSPS) is 20.7. The van der Waals surface area contributed by atoms with Crippen molar-refractivity contribution < 1.29 is 37.3 Å². The number of amides is 1. The van der Waals surface area contributed by atoms with E-state index in [4.69, 9.17) is 19.4 Å². The summed E-state index contributed by atoms with van der Waals surface area (Å²) < 4.78 is 44.9. The van der Waals surface area contributed by atoms with E-state index in [0.29, 0.717) is 5.91 Å². The van der Waals surface area contributed by atoms with Crippen LogP contribution in [0.3, 0.4) is 0 Å². The number of hydrogen-bond acceptors (Lipinski definition) is 6. The van der Waals surface area contributed by atoms with Gasteiger partial charge in [-0.15, -0.1) is 0 Å². The Morgan fingerprint density at radius 2 is 1.66 bits per heavy atom. The molecule has 3 aliphatic heterocycles. The van der Waals surface area contributed by atoms with E-state index in [0.717, 1.165) is 90.8 Å². The summed E-state index contributed by atoms with van der Waals surface area (Å²) in [7, 11) is 0. The Bertz CT molecular complexity index is 774. The number of carboxylic acids is 1. The first-order valence-corrected chi connectivity index (χ1v) is 10.8. The van der Waals surface area contributed by atoms with Crippen LogP contribution in [0.4, 0.5) is 13.2 Å². The van der Waals surface area contributed by atoms with Crippen molar-refractivity contribution in [1.29, 1.82) is 0 Å². The highest BCUT2D eigenvalue weighted by Crippen LogP contribution is 2.20. The number of morpholine rings is 1. The molecule has 2 fully saturated rings. The third-order valence-electron chi connectivity index (χ3n) is 5.83. The van der Waals surface area contributed by atoms with Crippen LogP contribution < -0.4 is 0 Å². The fourth-order valence-electron chi connectivity index (χ4n) is 4.03. The van der Waals surface area contributed by atoms with Gasteiger partial charge in [0.25, 0.3) is 0 Å². The number of hydrogen-bond donors (Lipinski definition) is 1. The fraction of sp³-hybridized carbons (Fsp3) is 0.750. The number of alkyl halides is 3. The van der Waals surface area contributed by atoms with Gasteiger partial charge in [-0.05, 0) is 12.8 Å². The molecule has 0 bridgehead atoms.